The Morgan fingerprint density at radius 2 is 1.88 bits per heavy atom. The molecule has 2 heterocycles. The normalized spacial score (nSPS) is 14.6. The van der Waals surface area contributed by atoms with Crippen molar-refractivity contribution >= 4 is 64.7 Å². The molecule has 2 amide bonds. The van der Waals surface area contributed by atoms with E-state index in [1.165, 1.54) is 11.2 Å². The summed E-state index contributed by atoms with van der Waals surface area (Å²) >= 11 is 12.2. The van der Waals surface area contributed by atoms with Gasteiger partial charge in [0.25, 0.3) is 11.5 Å². The molecule has 13 nitrogen and oxygen atoms in total. The number of carboxylic acids is 1. The topological polar surface area (TPSA) is 183 Å². The van der Waals surface area contributed by atoms with Crippen molar-refractivity contribution in [2.24, 2.45) is 0 Å². The summed E-state index contributed by atoms with van der Waals surface area (Å²) in [5, 5.41) is 18.7. The summed E-state index contributed by atoms with van der Waals surface area (Å²) in [5.74, 6) is -1.91. The van der Waals surface area contributed by atoms with Crippen LogP contribution in [0.4, 0.5) is 17.2 Å². The van der Waals surface area contributed by atoms with Crippen LogP contribution >= 0.6 is 23.2 Å². The molecule has 1 aliphatic heterocycles. The van der Waals surface area contributed by atoms with E-state index in [1.807, 2.05) is 0 Å². The Labute approximate surface area is 255 Å². The Hall–Kier alpha value is -4.62. The Kier molecular flexibility index (Phi) is 10.6. The summed E-state index contributed by atoms with van der Waals surface area (Å²) in [4.78, 5) is 68.4. The van der Waals surface area contributed by atoms with Crippen LogP contribution in [0.3, 0.4) is 0 Å². The molecule has 0 spiro atoms. The quantitative estimate of drug-likeness (QED) is 0.139. The highest BCUT2D eigenvalue weighted by atomic mass is 35.5. The number of halogens is 2. The summed E-state index contributed by atoms with van der Waals surface area (Å²) in [7, 11) is 0. The number of aromatic nitrogens is 2. The number of anilines is 3. The number of ether oxygens (including phenoxy) is 1. The van der Waals surface area contributed by atoms with Gasteiger partial charge in [-0.1, -0.05) is 29.3 Å². The van der Waals surface area contributed by atoms with E-state index in [2.05, 4.69) is 25.9 Å². The van der Waals surface area contributed by atoms with E-state index in [4.69, 9.17) is 33.0 Å². The minimum atomic E-state index is -1.07. The van der Waals surface area contributed by atoms with Crippen LogP contribution < -0.4 is 26.4 Å². The molecule has 15 heteroatoms. The second-order valence-electron chi connectivity index (χ2n) is 9.60. The van der Waals surface area contributed by atoms with Crippen molar-refractivity contribution in [2.45, 2.75) is 38.0 Å². The first-order chi connectivity index (χ1) is 20.7. The van der Waals surface area contributed by atoms with Gasteiger partial charge in [-0.15, -0.1) is 0 Å². The van der Waals surface area contributed by atoms with E-state index in [9.17, 15) is 24.0 Å². The molecular formula is C28H28Cl2N6O7. The standard InChI is InChI=1S/C28H28Cl2N6O7/c29-21-2-1-3-22(30)20(21)13-43-24(40)10-18(8-9-23(38)39)35-27(41)16-4-6-17(7-5-16)31-11-19-12-32-26-25(36(19)15-37)28(42)34-14-33-26/h1-7,14-15,18-19,31H,8-13H2,(H,35,41)(H,38,39)(H2,32,33,34,42)/t18-,19+/m0/s1. The molecule has 5 N–H and O–H groups in total. The van der Waals surface area contributed by atoms with Crippen molar-refractivity contribution in [3.8, 4) is 0 Å². The molecule has 4 rings (SSSR count). The molecule has 0 aliphatic carbocycles. The van der Waals surface area contributed by atoms with E-state index in [-0.39, 0.29) is 43.2 Å². The third-order valence-corrected chi connectivity index (χ3v) is 7.39. The first-order valence-corrected chi connectivity index (χ1v) is 13.9. The molecule has 1 aliphatic rings. The average Bonchev–Trinajstić information content (AvgIpc) is 2.98. The Balaban J connectivity index is 1.33. The maximum absolute atomic E-state index is 12.9. The Morgan fingerprint density at radius 3 is 2.56 bits per heavy atom. The van der Waals surface area contributed by atoms with Gasteiger partial charge in [0.05, 0.1) is 18.8 Å². The lowest BCUT2D eigenvalue weighted by Crippen LogP contribution is -2.49. The summed E-state index contributed by atoms with van der Waals surface area (Å²) < 4.78 is 5.28. The molecular weight excluding hydrogens is 603 g/mol. The number of hydrogen-bond acceptors (Lipinski definition) is 9. The number of hydrogen-bond donors (Lipinski definition) is 5. The van der Waals surface area contributed by atoms with Gasteiger partial charge < -0.3 is 35.7 Å². The first-order valence-electron chi connectivity index (χ1n) is 13.2. The van der Waals surface area contributed by atoms with Crippen LogP contribution in [-0.4, -0.2) is 64.5 Å². The summed E-state index contributed by atoms with van der Waals surface area (Å²) in [5.41, 5.74) is 1.06. The molecule has 0 saturated heterocycles. The van der Waals surface area contributed by atoms with Crippen LogP contribution in [0, 0.1) is 0 Å². The minimum Gasteiger partial charge on any atom is -0.481 e. The van der Waals surface area contributed by atoms with Gasteiger partial charge in [0.1, 0.15) is 6.61 Å². The van der Waals surface area contributed by atoms with Gasteiger partial charge in [-0.3, -0.25) is 24.0 Å². The number of benzene rings is 2. The lowest BCUT2D eigenvalue weighted by molar-refractivity contribution is -0.146. The highest BCUT2D eigenvalue weighted by Crippen LogP contribution is 2.26. The van der Waals surface area contributed by atoms with Crippen molar-refractivity contribution < 1.29 is 29.0 Å². The highest BCUT2D eigenvalue weighted by molar-refractivity contribution is 6.35. The third-order valence-electron chi connectivity index (χ3n) is 6.68. The Morgan fingerprint density at radius 1 is 1.16 bits per heavy atom. The second-order valence-corrected chi connectivity index (χ2v) is 10.4. The van der Waals surface area contributed by atoms with Gasteiger partial charge in [-0.2, -0.15) is 0 Å². The molecule has 1 aromatic heterocycles. The molecule has 2 aromatic carbocycles. The van der Waals surface area contributed by atoms with E-state index >= 15 is 0 Å². The van der Waals surface area contributed by atoms with Crippen LogP contribution in [-0.2, 0) is 25.7 Å². The van der Waals surface area contributed by atoms with Crippen LogP contribution in [0.1, 0.15) is 35.2 Å². The number of aliphatic carboxylic acids is 1. The summed E-state index contributed by atoms with van der Waals surface area (Å²) in [6.45, 7) is 0.484. The predicted octanol–water partition coefficient (Wildman–Crippen LogP) is 3.04. The van der Waals surface area contributed by atoms with Gasteiger partial charge in [0.15, 0.2) is 11.5 Å². The summed E-state index contributed by atoms with van der Waals surface area (Å²) in [6.07, 6.45) is 1.32. The number of amides is 2. The van der Waals surface area contributed by atoms with E-state index in [0.29, 0.717) is 46.6 Å². The number of aromatic amines is 1. The van der Waals surface area contributed by atoms with Crippen LogP contribution in [0.15, 0.2) is 53.6 Å². The largest absolute Gasteiger partial charge is 0.481 e. The zero-order valence-electron chi connectivity index (χ0n) is 22.6. The van der Waals surface area contributed by atoms with Crippen molar-refractivity contribution in [2.75, 3.05) is 28.6 Å². The minimum absolute atomic E-state index is 0.00675. The zero-order valence-corrected chi connectivity index (χ0v) is 24.2. The zero-order chi connectivity index (χ0) is 30.9. The number of nitrogens with one attached hydrogen (secondary N) is 4. The lowest BCUT2D eigenvalue weighted by atomic mass is 10.1. The molecule has 3 aromatic rings. The lowest BCUT2D eigenvalue weighted by Gasteiger charge is -2.33. The molecule has 2 atom stereocenters. The van der Waals surface area contributed by atoms with Crippen molar-refractivity contribution in [3.63, 3.8) is 0 Å². The van der Waals surface area contributed by atoms with Crippen molar-refractivity contribution in [1.29, 1.82) is 0 Å². The monoisotopic (exact) mass is 630 g/mol. The van der Waals surface area contributed by atoms with Gasteiger partial charge in [0.2, 0.25) is 6.41 Å². The predicted molar refractivity (Wildman–Crippen MR) is 160 cm³/mol. The number of H-pyrrole nitrogens is 1. The molecule has 0 unspecified atom stereocenters. The van der Waals surface area contributed by atoms with E-state index < -0.39 is 29.4 Å². The number of nitrogens with zero attached hydrogens (tertiary/aromatic N) is 2. The second kappa shape index (κ2) is 14.5. The number of fused-ring (bicyclic) bond motifs is 1. The molecule has 0 radical (unpaired) electrons. The van der Waals surface area contributed by atoms with Gasteiger partial charge in [-0.25, -0.2) is 4.98 Å². The molecule has 0 fully saturated rings. The average molecular weight is 631 g/mol. The molecule has 0 bridgehead atoms. The van der Waals surface area contributed by atoms with Crippen LogP contribution in [0.2, 0.25) is 10.0 Å². The van der Waals surface area contributed by atoms with Gasteiger partial charge >= 0.3 is 11.9 Å². The molecule has 0 saturated carbocycles. The Bertz CT molecular complexity index is 1530. The number of carboxylic acid groups (broad SMARTS) is 1. The van der Waals surface area contributed by atoms with Crippen LogP contribution in [0.25, 0.3) is 0 Å². The van der Waals surface area contributed by atoms with E-state index in [1.54, 1.807) is 42.5 Å². The molecule has 43 heavy (non-hydrogen) atoms. The fourth-order valence-electron chi connectivity index (χ4n) is 4.42. The fraction of sp³-hybridized carbons (Fsp3) is 0.286. The van der Waals surface area contributed by atoms with E-state index in [0.717, 1.165) is 0 Å². The number of rotatable bonds is 13. The van der Waals surface area contributed by atoms with Crippen LogP contribution in [0.5, 0.6) is 0 Å². The number of esters is 1. The highest BCUT2D eigenvalue weighted by Gasteiger charge is 2.29. The fourth-order valence-corrected chi connectivity index (χ4v) is 4.92. The van der Waals surface area contributed by atoms with Crippen molar-refractivity contribution in [3.05, 3.63) is 80.3 Å². The SMILES string of the molecule is O=CN1c2c(nc[nH]c2=O)NC[C@H]1CNc1ccc(C(=O)N[C@@H](CCC(=O)O)CC(=O)OCc2c(Cl)cccc2Cl)cc1. The van der Waals surface area contributed by atoms with Crippen molar-refractivity contribution in [1.82, 2.24) is 15.3 Å². The van der Waals surface area contributed by atoms with Gasteiger partial charge in [-0.05, 0) is 42.8 Å². The molecule has 226 valence electrons. The third kappa shape index (κ3) is 8.23. The summed E-state index contributed by atoms with van der Waals surface area (Å²) in [6, 6.07) is 10.1. The van der Waals surface area contributed by atoms with Gasteiger partial charge in [0, 0.05) is 52.4 Å². The first kappa shape index (κ1) is 31.3. The number of carbonyl (C=O) groups is 4. The maximum atomic E-state index is 12.9. The smallest absolute Gasteiger partial charge is 0.308 e. The number of carbonyl (C=O) groups excluding carboxylic acids is 3. The maximum Gasteiger partial charge on any atom is 0.308 e.